The van der Waals surface area contributed by atoms with Crippen LogP contribution in [0.3, 0.4) is 0 Å². The molecule has 2 aromatic carbocycles. The summed E-state index contributed by atoms with van der Waals surface area (Å²) in [5.74, 6) is 0.812. The molecule has 20 heavy (non-hydrogen) atoms. The molecule has 0 aliphatic heterocycles. The van der Waals surface area contributed by atoms with Crippen LogP contribution in [0.1, 0.15) is 15.9 Å². The van der Waals surface area contributed by atoms with Gasteiger partial charge in [0.25, 0.3) is 5.91 Å². The molecule has 0 heterocycles. The second-order valence-electron chi connectivity index (χ2n) is 4.32. The molecule has 0 aliphatic carbocycles. The Labute approximate surface area is 132 Å². The maximum Gasteiger partial charge on any atom is 0.251 e. The van der Waals surface area contributed by atoms with E-state index in [2.05, 4.69) is 27.9 Å². The molecule has 104 valence electrons. The molecule has 0 saturated carbocycles. The minimum absolute atomic E-state index is 0.0451. The maximum absolute atomic E-state index is 12.0. The van der Waals surface area contributed by atoms with Gasteiger partial charge in [-0.2, -0.15) is 0 Å². The van der Waals surface area contributed by atoms with E-state index in [-0.39, 0.29) is 5.91 Å². The van der Waals surface area contributed by atoms with E-state index < -0.39 is 0 Å². The highest BCUT2D eigenvalue weighted by molar-refractivity contribution is 14.1. The molecule has 0 aliphatic rings. The lowest BCUT2D eigenvalue weighted by Gasteiger charge is -2.09. The van der Waals surface area contributed by atoms with E-state index >= 15 is 0 Å². The van der Waals surface area contributed by atoms with Gasteiger partial charge in [-0.1, -0.05) is 18.2 Å². The topological polar surface area (TPSA) is 38.3 Å². The van der Waals surface area contributed by atoms with Crippen LogP contribution in [0.4, 0.5) is 0 Å². The first kappa shape index (κ1) is 14.8. The molecule has 3 nitrogen and oxygen atoms in total. The lowest BCUT2D eigenvalue weighted by atomic mass is 10.1. The number of amides is 1. The van der Waals surface area contributed by atoms with Crippen LogP contribution in [-0.2, 0) is 6.42 Å². The average molecular weight is 381 g/mol. The normalized spacial score (nSPS) is 10.1. The number of benzene rings is 2. The van der Waals surface area contributed by atoms with Gasteiger partial charge in [0.15, 0.2) is 0 Å². The predicted octanol–water partition coefficient (Wildman–Crippen LogP) is 3.27. The van der Waals surface area contributed by atoms with Gasteiger partial charge in [-0.05, 0) is 64.9 Å². The zero-order chi connectivity index (χ0) is 14.4. The monoisotopic (exact) mass is 381 g/mol. The predicted molar refractivity (Wildman–Crippen MR) is 88.2 cm³/mol. The first-order chi connectivity index (χ1) is 9.70. The third-order valence-corrected chi connectivity index (χ3v) is 3.70. The number of hydrogen-bond acceptors (Lipinski definition) is 2. The fourth-order valence-electron chi connectivity index (χ4n) is 1.92. The lowest BCUT2D eigenvalue weighted by Crippen LogP contribution is -2.25. The average Bonchev–Trinajstić information content (AvgIpc) is 2.48. The van der Waals surface area contributed by atoms with Crippen LogP contribution in [0.25, 0.3) is 0 Å². The van der Waals surface area contributed by atoms with E-state index in [9.17, 15) is 4.79 Å². The van der Waals surface area contributed by atoms with Gasteiger partial charge in [-0.25, -0.2) is 0 Å². The zero-order valence-electron chi connectivity index (χ0n) is 11.2. The molecule has 2 aromatic rings. The van der Waals surface area contributed by atoms with Gasteiger partial charge in [-0.3, -0.25) is 4.79 Å². The summed E-state index contributed by atoms with van der Waals surface area (Å²) in [7, 11) is 1.66. The number of nitrogens with one attached hydrogen (secondary N) is 1. The van der Waals surface area contributed by atoms with Gasteiger partial charge < -0.3 is 10.1 Å². The Kier molecular flexibility index (Phi) is 5.40. The summed E-state index contributed by atoms with van der Waals surface area (Å²) in [5.41, 5.74) is 1.78. The first-order valence-corrected chi connectivity index (χ1v) is 7.44. The van der Waals surface area contributed by atoms with Crippen molar-refractivity contribution in [2.45, 2.75) is 6.42 Å². The molecule has 0 spiro atoms. The number of halogens is 1. The minimum atomic E-state index is -0.0451. The van der Waals surface area contributed by atoms with Crippen molar-refractivity contribution < 1.29 is 9.53 Å². The third-order valence-electron chi connectivity index (χ3n) is 2.98. The molecule has 0 aromatic heterocycles. The number of hydrogen-bond donors (Lipinski definition) is 1. The molecular formula is C16H16INO2. The molecule has 0 fully saturated rings. The van der Waals surface area contributed by atoms with Crippen LogP contribution in [0.2, 0.25) is 0 Å². The Morgan fingerprint density at radius 3 is 2.55 bits per heavy atom. The van der Waals surface area contributed by atoms with Crippen LogP contribution in [0.5, 0.6) is 5.75 Å². The SMILES string of the molecule is COc1ccccc1CCNC(=O)c1ccc(I)cc1. The van der Waals surface area contributed by atoms with E-state index in [1.54, 1.807) is 7.11 Å². The number of methoxy groups -OCH3 is 1. The molecule has 0 saturated heterocycles. The Morgan fingerprint density at radius 2 is 1.85 bits per heavy atom. The molecule has 0 atom stereocenters. The van der Waals surface area contributed by atoms with Crippen molar-refractivity contribution in [3.8, 4) is 5.75 Å². The highest BCUT2D eigenvalue weighted by atomic mass is 127. The van der Waals surface area contributed by atoms with Gasteiger partial charge in [-0.15, -0.1) is 0 Å². The quantitative estimate of drug-likeness (QED) is 0.808. The summed E-state index contributed by atoms with van der Waals surface area (Å²) in [6.07, 6.45) is 0.750. The largest absolute Gasteiger partial charge is 0.496 e. The summed E-state index contributed by atoms with van der Waals surface area (Å²) in [6.45, 7) is 0.588. The summed E-state index contributed by atoms with van der Waals surface area (Å²) in [5, 5.41) is 2.92. The Hall–Kier alpha value is -1.56. The second kappa shape index (κ2) is 7.28. The van der Waals surface area contributed by atoms with Gasteiger partial charge in [0.05, 0.1) is 7.11 Å². The summed E-state index contributed by atoms with van der Waals surface area (Å²) < 4.78 is 6.41. The van der Waals surface area contributed by atoms with Gasteiger partial charge >= 0.3 is 0 Å². The van der Waals surface area contributed by atoms with Crippen LogP contribution >= 0.6 is 22.6 Å². The summed E-state index contributed by atoms with van der Waals surface area (Å²) in [4.78, 5) is 12.0. The Morgan fingerprint density at radius 1 is 1.15 bits per heavy atom. The molecule has 0 bridgehead atoms. The number of ether oxygens (including phenoxy) is 1. The zero-order valence-corrected chi connectivity index (χ0v) is 13.4. The smallest absolute Gasteiger partial charge is 0.251 e. The van der Waals surface area contributed by atoms with Crippen molar-refractivity contribution in [3.63, 3.8) is 0 Å². The number of rotatable bonds is 5. The number of carbonyl (C=O) groups excluding carboxylic acids is 1. The molecule has 1 N–H and O–H groups in total. The molecule has 0 radical (unpaired) electrons. The van der Waals surface area contributed by atoms with Crippen molar-refractivity contribution in [2.24, 2.45) is 0 Å². The minimum Gasteiger partial charge on any atom is -0.496 e. The highest BCUT2D eigenvalue weighted by Gasteiger charge is 2.06. The first-order valence-electron chi connectivity index (χ1n) is 6.36. The molecular weight excluding hydrogens is 365 g/mol. The van der Waals surface area contributed by atoms with E-state index in [1.165, 1.54) is 0 Å². The summed E-state index contributed by atoms with van der Waals surface area (Å²) >= 11 is 2.22. The standard InChI is InChI=1S/C16H16INO2/c1-20-15-5-3-2-4-12(15)10-11-18-16(19)13-6-8-14(17)9-7-13/h2-9H,10-11H2,1H3,(H,18,19). The Bertz CT molecular complexity index is 581. The van der Waals surface area contributed by atoms with Crippen molar-refractivity contribution in [3.05, 3.63) is 63.2 Å². The van der Waals surface area contributed by atoms with E-state index in [0.29, 0.717) is 12.1 Å². The highest BCUT2D eigenvalue weighted by Crippen LogP contribution is 2.17. The van der Waals surface area contributed by atoms with Crippen LogP contribution in [0.15, 0.2) is 48.5 Å². The third kappa shape index (κ3) is 3.96. The van der Waals surface area contributed by atoms with Crippen LogP contribution in [0, 0.1) is 3.57 Å². The van der Waals surface area contributed by atoms with Crippen molar-refractivity contribution in [2.75, 3.05) is 13.7 Å². The van der Waals surface area contributed by atoms with Crippen LogP contribution in [-0.4, -0.2) is 19.6 Å². The van der Waals surface area contributed by atoms with Gasteiger partial charge in [0, 0.05) is 15.7 Å². The fraction of sp³-hybridized carbons (Fsp3) is 0.188. The van der Waals surface area contributed by atoms with Gasteiger partial charge in [0.2, 0.25) is 0 Å². The summed E-state index contributed by atoms with van der Waals surface area (Å²) in [6, 6.07) is 15.4. The Balaban J connectivity index is 1.89. The van der Waals surface area contributed by atoms with Crippen molar-refractivity contribution >= 4 is 28.5 Å². The molecule has 2 rings (SSSR count). The fourth-order valence-corrected chi connectivity index (χ4v) is 2.28. The molecule has 4 heteroatoms. The van der Waals surface area contributed by atoms with E-state index in [1.807, 2.05) is 48.5 Å². The van der Waals surface area contributed by atoms with Crippen molar-refractivity contribution in [1.29, 1.82) is 0 Å². The van der Waals surface area contributed by atoms with Crippen molar-refractivity contribution in [1.82, 2.24) is 5.32 Å². The lowest BCUT2D eigenvalue weighted by molar-refractivity contribution is 0.0954. The number of para-hydroxylation sites is 1. The second-order valence-corrected chi connectivity index (χ2v) is 5.57. The maximum atomic E-state index is 12.0. The van der Waals surface area contributed by atoms with Crippen LogP contribution < -0.4 is 10.1 Å². The number of carbonyl (C=O) groups is 1. The van der Waals surface area contributed by atoms with E-state index in [0.717, 1.165) is 21.3 Å². The van der Waals surface area contributed by atoms with E-state index in [4.69, 9.17) is 4.74 Å². The molecule has 0 unspecified atom stereocenters. The van der Waals surface area contributed by atoms with Gasteiger partial charge in [0.1, 0.15) is 5.75 Å². The molecule has 1 amide bonds.